The van der Waals surface area contributed by atoms with Crippen molar-refractivity contribution in [1.29, 1.82) is 0 Å². The second kappa shape index (κ2) is 7.66. The Bertz CT molecular complexity index is 210. The van der Waals surface area contributed by atoms with Crippen LogP contribution in [0.1, 0.15) is 22.9 Å². The maximum Gasteiger partial charge on any atom is 0.0434 e. The SMILES string of the molecule is [2H]C(SSC([2H])([2H])C([2H])([2H])N)C([2H])([2H])C. The minimum atomic E-state index is -2.52. The Morgan fingerprint density at radius 2 is 2.38 bits per heavy atom. The van der Waals surface area contributed by atoms with E-state index in [1.54, 1.807) is 0 Å². The van der Waals surface area contributed by atoms with Crippen LogP contribution in [0.5, 0.6) is 0 Å². The highest BCUT2D eigenvalue weighted by molar-refractivity contribution is 8.76. The molecule has 0 radical (unpaired) electrons. The van der Waals surface area contributed by atoms with Gasteiger partial charge in [-0.2, -0.15) is 0 Å². The van der Waals surface area contributed by atoms with Crippen LogP contribution in [0.3, 0.4) is 0 Å². The third kappa shape index (κ3) is 6.66. The first-order valence-electron chi connectivity index (χ1n) is 5.51. The summed E-state index contributed by atoms with van der Waals surface area (Å²) in [5.41, 5.74) is 1.42. The topological polar surface area (TPSA) is 26.0 Å². The maximum absolute atomic E-state index is 7.35. The quantitative estimate of drug-likeness (QED) is 0.617. The summed E-state index contributed by atoms with van der Waals surface area (Å²) in [5, 5.41) is 0. The summed E-state index contributed by atoms with van der Waals surface area (Å²) in [5.74, 6) is 0. The minimum absolute atomic E-state index is 0.443. The zero-order valence-electron chi connectivity index (χ0n) is 11.5. The van der Waals surface area contributed by atoms with Gasteiger partial charge in [-0.15, -0.1) is 0 Å². The Hall–Kier alpha value is 0.660. The van der Waals surface area contributed by atoms with E-state index >= 15 is 0 Å². The van der Waals surface area contributed by atoms with Gasteiger partial charge >= 0.3 is 0 Å². The molecule has 50 valence electrons. The molecule has 0 aliphatic carbocycles. The lowest BCUT2D eigenvalue weighted by Gasteiger charge is -1.93. The largest absolute Gasteiger partial charge is 0.330 e. The molecule has 0 bridgehead atoms. The van der Waals surface area contributed by atoms with Crippen LogP contribution in [0.25, 0.3) is 0 Å². The van der Waals surface area contributed by atoms with Gasteiger partial charge in [-0.05, 0) is 6.37 Å². The molecular weight excluding hydrogens is 138 g/mol. The van der Waals surface area contributed by atoms with Crippen molar-refractivity contribution in [2.75, 3.05) is 17.9 Å². The molecule has 0 fully saturated rings. The fourth-order valence-electron chi connectivity index (χ4n) is 0.120. The Kier molecular flexibility index (Phi) is 2.26. The molecule has 0 aliphatic rings. The van der Waals surface area contributed by atoms with Gasteiger partial charge in [0.15, 0.2) is 0 Å². The highest BCUT2D eigenvalue weighted by atomic mass is 33.1. The molecule has 1 nitrogen and oxygen atoms in total. The fourth-order valence-corrected chi connectivity index (χ4v) is 1.08. The molecule has 2 N–H and O–H groups in total. The summed E-state index contributed by atoms with van der Waals surface area (Å²) in [4.78, 5) is 0. The third-order valence-corrected chi connectivity index (χ3v) is 1.77. The molecule has 1 atom stereocenters. The summed E-state index contributed by atoms with van der Waals surface area (Å²) in [6, 6.07) is 0. The molecule has 0 aromatic heterocycles. The predicted octanol–water partition coefficient (Wildman–Crippen LogP) is 1.74. The van der Waals surface area contributed by atoms with E-state index in [2.05, 4.69) is 0 Å². The lowest BCUT2D eigenvalue weighted by molar-refractivity contribution is 1.11. The van der Waals surface area contributed by atoms with E-state index < -0.39 is 24.3 Å². The van der Waals surface area contributed by atoms with Crippen LogP contribution in [0.2, 0.25) is 0 Å². The monoisotopic (exact) mass is 158 g/mol. The molecule has 0 aromatic rings. The van der Waals surface area contributed by atoms with Crippen molar-refractivity contribution in [3.05, 3.63) is 0 Å². The van der Waals surface area contributed by atoms with Gasteiger partial charge < -0.3 is 5.73 Å². The van der Waals surface area contributed by atoms with Crippen molar-refractivity contribution >= 4 is 21.6 Å². The van der Waals surface area contributed by atoms with Crippen LogP contribution in [0.15, 0.2) is 0 Å². The second-order valence-corrected chi connectivity index (χ2v) is 2.71. The first-order valence-corrected chi connectivity index (χ1v) is 4.15. The zero-order valence-corrected chi connectivity index (χ0v) is 6.10. The van der Waals surface area contributed by atoms with Crippen LogP contribution >= 0.6 is 21.6 Å². The molecule has 8 heavy (non-hydrogen) atoms. The summed E-state index contributed by atoms with van der Waals surface area (Å²) in [6.45, 7) is -1.31. The van der Waals surface area contributed by atoms with Crippen LogP contribution in [0, 0.1) is 0 Å². The van der Waals surface area contributed by atoms with Crippen molar-refractivity contribution in [2.45, 2.75) is 13.3 Å². The number of hydrogen-bond acceptors (Lipinski definition) is 3. The van der Waals surface area contributed by atoms with Gasteiger partial charge in [0.05, 0.1) is 0 Å². The normalized spacial score (nSPS) is 32.0. The molecule has 0 aromatic carbocycles. The average Bonchev–Trinajstić information content (AvgIpc) is 1.96. The van der Waals surface area contributed by atoms with E-state index in [1.165, 1.54) is 6.92 Å². The lowest BCUT2D eigenvalue weighted by atomic mass is 10.6. The molecule has 1 unspecified atom stereocenters. The molecule has 0 saturated carbocycles. The van der Waals surface area contributed by atoms with E-state index in [-0.39, 0.29) is 0 Å². The molecule has 0 spiro atoms. The highest BCUT2D eigenvalue weighted by Crippen LogP contribution is 2.20. The molecule has 0 heterocycles. The zero-order chi connectivity index (χ0) is 12.5. The van der Waals surface area contributed by atoms with Crippen LogP contribution in [0.4, 0.5) is 0 Å². The van der Waals surface area contributed by atoms with Crippen LogP contribution < -0.4 is 5.73 Å². The molecule has 0 aliphatic heterocycles. The average molecular weight is 158 g/mol. The number of hydrogen-bond donors (Lipinski definition) is 1. The summed E-state index contributed by atoms with van der Waals surface area (Å²) >= 11 is 0. The standard InChI is InChI=1S/C5H13NS2/c1-2-4-7-8-5-3-6/h2-6H2,1H3/i2D2,3D2,4D,5D2. The van der Waals surface area contributed by atoms with Gasteiger partial charge in [0.25, 0.3) is 0 Å². The summed E-state index contributed by atoms with van der Waals surface area (Å²) < 4.78 is 50.3. The van der Waals surface area contributed by atoms with Gasteiger partial charge in [0.1, 0.15) is 0 Å². The lowest BCUT2D eigenvalue weighted by Crippen LogP contribution is -1.99. The highest BCUT2D eigenvalue weighted by Gasteiger charge is 1.83. The minimum Gasteiger partial charge on any atom is -0.330 e. The number of nitrogens with two attached hydrogens (primary N) is 1. The van der Waals surface area contributed by atoms with Crippen LogP contribution in [-0.4, -0.2) is 17.9 Å². The van der Waals surface area contributed by atoms with E-state index in [9.17, 15) is 0 Å². The fraction of sp³-hybridized carbons (Fsp3) is 1.00. The Morgan fingerprint density at radius 1 is 1.62 bits per heavy atom. The Morgan fingerprint density at radius 3 is 2.88 bits per heavy atom. The van der Waals surface area contributed by atoms with Crippen molar-refractivity contribution in [1.82, 2.24) is 0 Å². The van der Waals surface area contributed by atoms with Gasteiger partial charge in [0, 0.05) is 27.5 Å². The first-order chi connectivity index (χ1) is 6.38. The van der Waals surface area contributed by atoms with Crippen molar-refractivity contribution in [3.63, 3.8) is 0 Å². The van der Waals surface area contributed by atoms with Crippen molar-refractivity contribution in [3.8, 4) is 0 Å². The van der Waals surface area contributed by atoms with E-state index in [1.807, 2.05) is 0 Å². The first kappa shape index (κ1) is 2.36. The number of rotatable bonds is 5. The van der Waals surface area contributed by atoms with Gasteiger partial charge in [-0.3, -0.25) is 0 Å². The third-order valence-electron chi connectivity index (χ3n) is 0.315. The smallest absolute Gasteiger partial charge is 0.0434 e. The molecule has 0 amide bonds. The predicted molar refractivity (Wildman–Crippen MR) is 44.3 cm³/mol. The van der Waals surface area contributed by atoms with Gasteiger partial charge in [-0.1, -0.05) is 28.5 Å². The van der Waals surface area contributed by atoms with E-state index in [0.717, 1.165) is 0 Å². The Balaban J connectivity index is 4.29. The molecular formula is C5H13NS2. The molecule has 0 rings (SSSR count). The van der Waals surface area contributed by atoms with Crippen molar-refractivity contribution < 1.29 is 9.60 Å². The summed E-state index contributed by atoms with van der Waals surface area (Å²) in [6.07, 6.45) is -1.77. The second-order valence-electron chi connectivity index (χ2n) is 0.832. The van der Waals surface area contributed by atoms with Crippen molar-refractivity contribution in [2.24, 2.45) is 5.73 Å². The van der Waals surface area contributed by atoms with Gasteiger partial charge in [0.2, 0.25) is 0 Å². The van der Waals surface area contributed by atoms with E-state index in [4.69, 9.17) is 15.3 Å². The van der Waals surface area contributed by atoms with Gasteiger partial charge in [-0.25, -0.2) is 0 Å². The molecule has 3 heteroatoms. The van der Waals surface area contributed by atoms with E-state index in [0.29, 0.717) is 21.6 Å². The maximum atomic E-state index is 7.35. The summed E-state index contributed by atoms with van der Waals surface area (Å²) in [7, 11) is 1.07. The Labute approximate surface area is 69.0 Å². The van der Waals surface area contributed by atoms with Crippen LogP contribution in [-0.2, 0) is 0 Å². The molecule has 0 saturated heterocycles.